The van der Waals surface area contributed by atoms with Gasteiger partial charge in [-0.15, -0.1) is 0 Å². The summed E-state index contributed by atoms with van der Waals surface area (Å²) in [4.78, 5) is 26.2. The molecular weight excluding hydrogens is 469 g/mol. The Balaban J connectivity index is 1.29. The van der Waals surface area contributed by atoms with Crippen molar-refractivity contribution < 1.29 is 4.79 Å². The van der Waals surface area contributed by atoms with Gasteiger partial charge in [-0.05, 0) is 31.0 Å². The first-order chi connectivity index (χ1) is 15.5. The molecule has 1 aliphatic rings. The van der Waals surface area contributed by atoms with E-state index in [0.717, 1.165) is 24.1 Å². The highest BCUT2D eigenvalue weighted by atomic mass is 35.5. The van der Waals surface area contributed by atoms with Crippen molar-refractivity contribution in [2.24, 2.45) is 5.92 Å². The summed E-state index contributed by atoms with van der Waals surface area (Å²) in [7, 11) is 0. The first-order valence-corrected chi connectivity index (χ1v) is 11.6. The second kappa shape index (κ2) is 8.57. The van der Waals surface area contributed by atoms with Crippen LogP contribution in [-0.2, 0) is 0 Å². The highest BCUT2D eigenvalue weighted by molar-refractivity contribution is 7.18. The maximum atomic E-state index is 12.3. The van der Waals surface area contributed by atoms with Crippen molar-refractivity contribution in [3.8, 4) is 11.3 Å². The number of imidazole rings is 1. The Morgan fingerprint density at radius 3 is 2.78 bits per heavy atom. The van der Waals surface area contributed by atoms with Gasteiger partial charge in [0.15, 0.2) is 10.9 Å². The molecule has 11 heteroatoms. The number of nitrogen functional groups attached to an aromatic ring is 1. The predicted molar refractivity (Wildman–Crippen MR) is 129 cm³/mol. The molecule has 0 amide bonds. The SMILES string of the molecule is Nc1nc(NCCNc2nc(-c3ccc(Cl)cc3Cl)cc3nccn23)sc1C(=O)C1CC1. The van der Waals surface area contributed by atoms with Gasteiger partial charge in [-0.3, -0.25) is 9.20 Å². The van der Waals surface area contributed by atoms with Crippen LogP contribution in [-0.4, -0.2) is 38.2 Å². The minimum atomic E-state index is 0.107. The van der Waals surface area contributed by atoms with Gasteiger partial charge in [-0.25, -0.2) is 15.0 Å². The molecule has 0 atom stereocenters. The maximum Gasteiger partial charge on any atom is 0.209 e. The molecule has 8 nitrogen and oxygen atoms in total. The van der Waals surface area contributed by atoms with E-state index < -0.39 is 0 Å². The molecule has 5 rings (SSSR count). The van der Waals surface area contributed by atoms with Crippen LogP contribution in [0.2, 0.25) is 10.0 Å². The van der Waals surface area contributed by atoms with Crippen LogP contribution in [0.15, 0.2) is 36.7 Å². The van der Waals surface area contributed by atoms with E-state index in [1.165, 1.54) is 11.3 Å². The number of fused-ring (bicyclic) bond motifs is 1. The van der Waals surface area contributed by atoms with Crippen molar-refractivity contribution in [1.82, 2.24) is 19.4 Å². The van der Waals surface area contributed by atoms with E-state index in [1.54, 1.807) is 18.3 Å². The molecule has 164 valence electrons. The number of aromatic nitrogens is 4. The third kappa shape index (κ3) is 4.23. The molecular formula is C21H19Cl2N7OS. The Morgan fingerprint density at radius 2 is 2.00 bits per heavy atom. The van der Waals surface area contributed by atoms with Crippen LogP contribution in [0.4, 0.5) is 16.9 Å². The molecule has 32 heavy (non-hydrogen) atoms. The Kier molecular flexibility index (Phi) is 5.62. The molecule has 0 spiro atoms. The van der Waals surface area contributed by atoms with Gasteiger partial charge in [0.2, 0.25) is 5.95 Å². The van der Waals surface area contributed by atoms with Crippen molar-refractivity contribution in [2.45, 2.75) is 12.8 Å². The summed E-state index contributed by atoms with van der Waals surface area (Å²) in [5.41, 5.74) is 8.14. The number of nitrogens with one attached hydrogen (secondary N) is 2. The number of ketones is 1. The number of nitrogens with zero attached hydrogens (tertiary/aromatic N) is 4. The van der Waals surface area contributed by atoms with Crippen molar-refractivity contribution in [3.05, 3.63) is 51.6 Å². The number of thiazole rings is 1. The number of hydrogen-bond donors (Lipinski definition) is 3. The van der Waals surface area contributed by atoms with Crippen LogP contribution < -0.4 is 16.4 Å². The van der Waals surface area contributed by atoms with Gasteiger partial charge in [0.05, 0.1) is 10.7 Å². The maximum absolute atomic E-state index is 12.3. The van der Waals surface area contributed by atoms with Gasteiger partial charge >= 0.3 is 0 Å². The number of rotatable bonds is 8. The average molecular weight is 488 g/mol. The van der Waals surface area contributed by atoms with E-state index in [4.69, 9.17) is 33.9 Å². The van der Waals surface area contributed by atoms with Gasteiger partial charge in [-0.1, -0.05) is 34.5 Å². The monoisotopic (exact) mass is 487 g/mol. The molecule has 0 saturated heterocycles. The zero-order valence-electron chi connectivity index (χ0n) is 16.8. The zero-order chi connectivity index (χ0) is 22.2. The molecule has 1 saturated carbocycles. The lowest BCUT2D eigenvalue weighted by atomic mass is 10.1. The van der Waals surface area contributed by atoms with Crippen molar-refractivity contribution in [2.75, 3.05) is 29.5 Å². The van der Waals surface area contributed by atoms with Crippen LogP contribution in [0.25, 0.3) is 16.9 Å². The van der Waals surface area contributed by atoms with E-state index in [2.05, 4.69) is 20.6 Å². The Labute approximate surface area is 197 Å². The molecule has 0 aliphatic heterocycles. The number of carbonyl (C=O) groups excluding carboxylic acids is 1. The standard InChI is InChI=1S/C21H19Cl2N7OS/c22-12-3-4-13(14(23)9-12)15-10-16-25-7-8-30(16)20(28-15)26-5-6-27-21-29-19(24)18(32-21)17(31)11-1-2-11/h3-4,7-11H,1-2,5-6,24H2,(H,26,28)(H,27,29). The van der Waals surface area contributed by atoms with Gasteiger partial charge in [-0.2, -0.15) is 0 Å². The fourth-order valence-corrected chi connectivity index (χ4v) is 4.78. The molecule has 1 aromatic carbocycles. The predicted octanol–water partition coefficient (Wildman–Crippen LogP) is 4.86. The lowest BCUT2D eigenvalue weighted by molar-refractivity contribution is 0.0972. The minimum Gasteiger partial charge on any atom is -0.382 e. The summed E-state index contributed by atoms with van der Waals surface area (Å²) in [5.74, 6) is 1.16. The van der Waals surface area contributed by atoms with Crippen molar-refractivity contribution in [3.63, 3.8) is 0 Å². The van der Waals surface area contributed by atoms with Gasteiger partial charge in [0, 0.05) is 48.1 Å². The van der Waals surface area contributed by atoms with Gasteiger partial charge < -0.3 is 16.4 Å². The third-order valence-corrected chi connectivity index (χ3v) is 6.70. The van der Waals surface area contributed by atoms with Gasteiger partial charge in [0.1, 0.15) is 16.3 Å². The Morgan fingerprint density at radius 1 is 1.19 bits per heavy atom. The smallest absolute Gasteiger partial charge is 0.209 e. The van der Waals surface area contributed by atoms with E-state index >= 15 is 0 Å². The van der Waals surface area contributed by atoms with E-state index in [0.29, 0.717) is 50.6 Å². The lowest BCUT2D eigenvalue weighted by Crippen LogP contribution is -2.16. The van der Waals surface area contributed by atoms with Crippen LogP contribution >= 0.6 is 34.5 Å². The Bertz CT molecular complexity index is 1310. The average Bonchev–Trinajstić information content (AvgIpc) is 3.39. The lowest BCUT2D eigenvalue weighted by Gasteiger charge is -2.11. The van der Waals surface area contributed by atoms with Crippen LogP contribution in [0.3, 0.4) is 0 Å². The first-order valence-electron chi connectivity index (χ1n) is 10.1. The summed E-state index contributed by atoms with van der Waals surface area (Å²) in [6, 6.07) is 7.18. The van der Waals surface area contributed by atoms with Crippen LogP contribution in [0.5, 0.6) is 0 Å². The summed E-state index contributed by atoms with van der Waals surface area (Å²) in [5, 5.41) is 8.25. The molecule has 1 fully saturated rings. The summed E-state index contributed by atoms with van der Waals surface area (Å²) in [6.45, 7) is 1.12. The van der Waals surface area contributed by atoms with Gasteiger partial charge in [0.25, 0.3) is 0 Å². The molecule has 0 bridgehead atoms. The van der Waals surface area contributed by atoms with E-state index in [9.17, 15) is 4.79 Å². The van der Waals surface area contributed by atoms with E-state index in [1.807, 2.05) is 22.7 Å². The number of nitrogens with two attached hydrogens (primary N) is 1. The highest BCUT2D eigenvalue weighted by Gasteiger charge is 2.33. The molecule has 1 aliphatic carbocycles. The summed E-state index contributed by atoms with van der Waals surface area (Å²) >= 11 is 13.7. The largest absolute Gasteiger partial charge is 0.382 e. The fourth-order valence-electron chi connectivity index (χ4n) is 3.34. The number of halogens is 2. The van der Waals surface area contributed by atoms with Crippen molar-refractivity contribution in [1.29, 1.82) is 0 Å². The second-order valence-electron chi connectivity index (χ2n) is 7.47. The fraction of sp³-hybridized carbons (Fsp3) is 0.238. The molecule has 0 radical (unpaired) electrons. The second-order valence-corrected chi connectivity index (χ2v) is 9.31. The molecule has 0 unspecified atom stereocenters. The number of carbonyl (C=O) groups is 1. The highest BCUT2D eigenvalue weighted by Crippen LogP contribution is 2.37. The van der Waals surface area contributed by atoms with Crippen LogP contribution in [0.1, 0.15) is 22.5 Å². The normalized spacial score (nSPS) is 13.4. The number of anilines is 3. The van der Waals surface area contributed by atoms with Crippen molar-refractivity contribution >= 4 is 62.9 Å². The quantitative estimate of drug-likeness (QED) is 0.240. The number of benzene rings is 1. The number of Topliss-reactive ketones (excluding diaryl/α,β-unsaturated/α-hetero) is 1. The topological polar surface area (TPSA) is 110 Å². The van der Waals surface area contributed by atoms with E-state index in [-0.39, 0.29) is 11.7 Å². The number of hydrogen-bond acceptors (Lipinski definition) is 8. The third-order valence-electron chi connectivity index (χ3n) is 5.11. The first kappa shape index (κ1) is 21.0. The molecule has 4 aromatic rings. The van der Waals surface area contributed by atoms with Crippen LogP contribution in [0, 0.1) is 5.92 Å². The molecule has 3 heterocycles. The molecule has 4 N–H and O–H groups in total. The summed E-state index contributed by atoms with van der Waals surface area (Å²) in [6.07, 6.45) is 5.44. The Hall–Kier alpha value is -2.88. The molecule has 3 aromatic heterocycles. The summed E-state index contributed by atoms with van der Waals surface area (Å²) < 4.78 is 1.86. The zero-order valence-corrected chi connectivity index (χ0v) is 19.1. The minimum absolute atomic E-state index is 0.107.